The van der Waals surface area contributed by atoms with Crippen molar-refractivity contribution in [2.24, 2.45) is 5.41 Å². The fraction of sp³-hybridized carbons (Fsp3) is 0.304. The maximum atomic E-state index is 12.9. The number of aliphatic hydroxyl groups excluding tert-OH is 1. The lowest BCUT2D eigenvalue weighted by molar-refractivity contribution is 0.0899. The molecule has 4 nitrogen and oxygen atoms in total. The summed E-state index contributed by atoms with van der Waals surface area (Å²) in [5.74, 6) is -0.0576. The van der Waals surface area contributed by atoms with Gasteiger partial charge in [0.05, 0.1) is 0 Å². The molecule has 0 unspecified atom stereocenters. The van der Waals surface area contributed by atoms with Crippen LogP contribution in [-0.4, -0.2) is 27.8 Å². The predicted molar refractivity (Wildman–Crippen MR) is 105 cm³/mol. The molecular formula is C23H23NO3. The molecule has 0 saturated heterocycles. The second kappa shape index (κ2) is 6.46. The Balaban J connectivity index is 1.80. The summed E-state index contributed by atoms with van der Waals surface area (Å²) < 4.78 is 2.24. The van der Waals surface area contributed by atoms with E-state index >= 15 is 0 Å². The lowest BCUT2D eigenvalue weighted by Crippen LogP contribution is -2.28. The van der Waals surface area contributed by atoms with Gasteiger partial charge < -0.3 is 9.67 Å². The number of carbonyl (C=O) groups excluding carboxylic acids is 2. The van der Waals surface area contributed by atoms with Crippen molar-refractivity contribution < 1.29 is 14.7 Å². The van der Waals surface area contributed by atoms with Crippen molar-refractivity contribution >= 4 is 22.5 Å². The second-order valence-corrected chi connectivity index (χ2v) is 8.14. The number of ketones is 2. The van der Waals surface area contributed by atoms with Crippen LogP contribution in [0.1, 0.15) is 52.2 Å². The lowest BCUT2D eigenvalue weighted by atomic mass is 9.75. The van der Waals surface area contributed by atoms with Crippen LogP contribution in [0.2, 0.25) is 0 Å². The van der Waals surface area contributed by atoms with Crippen LogP contribution in [0, 0.1) is 5.41 Å². The minimum absolute atomic E-state index is 0.0480. The van der Waals surface area contributed by atoms with Crippen molar-refractivity contribution in [2.75, 3.05) is 6.61 Å². The van der Waals surface area contributed by atoms with Crippen LogP contribution in [0.4, 0.5) is 0 Å². The SMILES string of the molecule is CC1(C)CC(=O)c2c(n(Cc3ccc(C(=O)CO)cc3)c3ccccc23)C1. The highest BCUT2D eigenvalue weighted by atomic mass is 16.3. The number of hydrogen-bond donors (Lipinski definition) is 1. The van der Waals surface area contributed by atoms with E-state index in [0.717, 1.165) is 34.1 Å². The van der Waals surface area contributed by atoms with Gasteiger partial charge in [0.2, 0.25) is 0 Å². The number of carbonyl (C=O) groups is 2. The summed E-state index contributed by atoms with van der Waals surface area (Å²) in [7, 11) is 0. The van der Waals surface area contributed by atoms with E-state index < -0.39 is 6.61 Å². The van der Waals surface area contributed by atoms with E-state index in [2.05, 4.69) is 24.5 Å². The number of aromatic nitrogens is 1. The molecule has 0 amide bonds. The third-order valence-electron chi connectivity index (χ3n) is 5.40. The number of nitrogens with zero attached hydrogens (tertiary/aromatic N) is 1. The van der Waals surface area contributed by atoms with E-state index in [1.54, 1.807) is 12.1 Å². The average molecular weight is 361 g/mol. The molecule has 0 saturated carbocycles. The zero-order valence-corrected chi connectivity index (χ0v) is 15.7. The number of benzene rings is 2. The molecule has 4 heteroatoms. The summed E-state index contributed by atoms with van der Waals surface area (Å²) in [6, 6.07) is 15.4. The number of fused-ring (bicyclic) bond motifs is 3. The van der Waals surface area contributed by atoms with E-state index in [4.69, 9.17) is 5.11 Å². The molecule has 0 bridgehead atoms. The number of hydrogen-bond acceptors (Lipinski definition) is 3. The summed E-state index contributed by atoms with van der Waals surface area (Å²) in [5.41, 5.74) is 4.57. The van der Waals surface area contributed by atoms with Crippen molar-refractivity contribution in [1.29, 1.82) is 0 Å². The number of aliphatic hydroxyl groups is 1. The number of Topliss-reactive ketones (excluding diaryl/α,β-unsaturated/α-hetero) is 2. The molecular weight excluding hydrogens is 338 g/mol. The summed E-state index contributed by atoms with van der Waals surface area (Å²) in [6.07, 6.45) is 1.44. The van der Waals surface area contributed by atoms with Gasteiger partial charge in [-0.15, -0.1) is 0 Å². The van der Waals surface area contributed by atoms with Crippen LogP contribution < -0.4 is 0 Å². The van der Waals surface area contributed by atoms with Gasteiger partial charge in [-0.25, -0.2) is 0 Å². The van der Waals surface area contributed by atoms with Gasteiger partial charge in [-0.2, -0.15) is 0 Å². The molecule has 0 atom stereocenters. The lowest BCUT2D eigenvalue weighted by Gasteiger charge is -2.30. The van der Waals surface area contributed by atoms with Gasteiger partial charge in [0, 0.05) is 40.7 Å². The fourth-order valence-corrected chi connectivity index (χ4v) is 4.14. The molecule has 1 aromatic heterocycles. The van der Waals surface area contributed by atoms with Gasteiger partial charge in [-0.1, -0.05) is 56.3 Å². The maximum absolute atomic E-state index is 12.9. The van der Waals surface area contributed by atoms with Crippen molar-refractivity contribution in [3.63, 3.8) is 0 Å². The molecule has 138 valence electrons. The van der Waals surface area contributed by atoms with Gasteiger partial charge >= 0.3 is 0 Å². The molecule has 2 aromatic carbocycles. The Bertz CT molecular complexity index is 1040. The van der Waals surface area contributed by atoms with Gasteiger partial charge in [-0.05, 0) is 23.5 Å². The predicted octanol–water partition coefficient (Wildman–Crippen LogP) is 4.02. The molecule has 3 aromatic rings. The van der Waals surface area contributed by atoms with Crippen LogP contribution in [0.25, 0.3) is 10.9 Å². The topological polar surface area (TPSA) is 59.3 Å². The standard InChI is InChI=1S/C23H23NO3/c1-23(2)11-19-22(20(26)12-23)17-5-3-4-6-18(17)24(19)13-15-7-9-16(10-8-15)21(27)14-25/h3-10,25H,11-14H2,1-2H3. The largest absolute Gasteiger partial charge is 0.388 e. The van der Waals surface area contributed by atoms with Crippen molar-refractivity contribution in [3.05, 3.63) is 70.9 Å². The van der Waals surface area contributed by atoms with Gasteiger partial charge in [0.15, 0.2) is 11.6 Å². The monoisotopic (exact) mass is 361 g/mol. The first kappa shape index (κ1) is 17.7. The Morgan fingerprint density at radius 2 is 1.78 bits per heavy atom. The van der Waals surface area contributed by atoms with Crippen LogP contribution in [-0.2, 0) is 13.0 Å². The first-order chi connectivity index (χ1) is 12.9. The third-order valence-corrected chi connectivity index (χ3v) is 5.40. The molecule has 27 heavy (non-hydrogen) atoms. The van der Waals surface area contributed by atoms with Crippen molar-refractivity contribution in [2.45, 2.75) is 33.2 Å². The minimum Gasteiger partial charge on any atom is -0.388 e. The Hall–Kier alpha value is -2.72. The first-order valence-electron chi connectivity index (χ1n) is 9.26. The molecule has 0 radical (unpaired) electrons. The Morgan fingerprint density at radius 1 is 1.07 bits per heavy atom. The summed E-state index contributed by atoms with van der Waals surface area (Å²) in [6.45, 7) is 4.45. The highest BCUT2D eigenvalue weighted by Crippen LogP contribution is 2.40. The zero-order valence-electron chi connectivity index (χ0n) is 15.7. The van der Waals surface area contributed by atoms with Crippen LogP contribution >= 0.6 is 0 Å². The van der Waals surface area contributed by atoms with Crippen LogP contribution in [0.5, 0.6) is 0 Å². The molecule has 1 heterocycles. The fourth-order valence-electron chi connectivity index (χ4n) is 4.14. The van der Waals surface area contributed by atoms with E-state index in [9.17, 15) is 9.59 Å². The van der Waals surface area contributed by atoms with E-state index in [-0.39, 0.29) is 17.0 Å². The van der Waals surface area contributed by atoms with E-state index in [1.165, 1.54) is 0 Å². The van der Waals surface area contributed by atoms with E-state index in [1.807, 2.05) is 30.3 Å². The molecule has 1 aliphatic carbocycles. The zero-order chi connectivity index (χ0) is 19.2. The van der Waals surface area contributed by atoms with Crippen molar-refractivity contribution in [1.82, 2.24) is 4.57 Å². The third kappa shape index (κ3) is 3.10. The van der Waals surface area contributed by atoms with Gasteiger partial charge in [0.25, 0.3) is 0 Å². The van der Waals surface area contributed by atoms with Gasteiger partial charge in [0.1, 0.15) is 6.61 Å². The molecule has 4 rings (SSSR count). The normalized spacial score (nSPS) is 15.7. The molecule has 0 aliphatic heterocycles. The molecule has 0 fully saturated rings. The Kier molecular flexibility index (Phi) is 4.23. The Morgan fingerprint density at radius 3 is 2.48 bits per heavy atom. The highest BCUT2D eigenvalue weighted by molar-refractivity contribution is 6.10. The maximum Gasteiger partial charge on any atom is 0.188 e. The minimum atomic E-state index is -0.480. The van der Waals surface area contributed by atoms with E-state index in [0.29, 0.717) is 18.5 Å². The van der Waals surface area contributed by atoms with Crippen LogP contribution in [0.15, 0.2) is 48.5 Å². The Labute approximate surface area is 158 Å². The summed E-state index contributed by atoms with van der Waals surface area (Å²) in [5, 5.41) is 10.0. The molecule has 0 spiro atoms. The second-order valence-electron chi connectivity index (χ2n) is 8.14. The van der Waals surface area contributed by atoms with Crippen molar-refractivity contribution in [3.8, 4) is 0 Å². The summed E-state index contributed by atoms with van der Waals surface area (Å²) in [4.78, 5) is 24.5. The first-order valence-corrected chi connectivity index (χ1v) is 9.26. The molecule has 1 N–H and O–H groups in total. The number of para-hydroxylation sites is 1. The smallest absolute Gasteiger partial charge is 0.188 e. The van der Waals surface area contributed by atoms with Crippen LogP contribution in [0.3, 0.4) is 0 Å². The average Bonchev–Trinajstić information content (AvgIpc) is 2.94. The summed E-state index contributed by atoms with van der Waals surface area (Å²) >= 11 is 0. The molecule has 1 aliphatic rings. The highest BCUT2D eigenvalue weighted by Gasteiger charge is 2.35. The number of rotatable bonds is 4. The van der Waals surface area contributed by atoms with Gasteiger partial charge in [-0.3, -0.25) is 9.59 Å². The quantitative estimate of drug-likeness (QED) is 0.714.